The molecule has 6 heteroatoms. The van der Waals surface area contributed by atoms with Gasteiger partial charge in [0.2, 0.25) is 0 Å². The van der Waals surface area contributed by atoms with Crippen LogP contribution >= 0.6 is 0 Å². The van der Waals surface area contributed by atoms with Crippen molar-refractivity contribution in [3.63, 3.8) is 0 Å². The zero-order chi connectivity index (χ0) is 15.3. The summed E-state index contributed by atoms with van der Waals surface area (Å²) in [4.78, 5) is 1.91. The molecular formula is C14H20F4N2. The molecule has 0 aliphatic heterocycles. The van der Waals surface area contributed by atoms with E-state index in [4.69, 9.17) is 0 Å². The predicted molar refractivity (Wildman–Crippen MR) is 71.0 cm³/mol. The lowest BCUT2D eigenvalue weighted by Gasteiger charge is -2.23. The maximum atomic E-state index is 13.6. The Labute approximate surface area is 116 Å². The Morgan fingerprint density at radius 3 is 2.35 bits per heavy atom. The fourth-order valence-electron chi connectivity index (χ4n) is 1.95. The highest BCUT2D eigenvalue weighted by Crippen LogP contribution is 2.32. The first kappa shape index (κ1) is 16.9. The summed E-state index contributed by atoms with van der Waals surface area (Å²) in [5.74, 6) is -1.22. The zero-order valence-electron chi connectivity index (χ0n) is 11.9. The molecule has 0 heterocycles. The van der Waals surface area contributed by atoms with Crippen molar-refractivity contribution >= 4 is 0 Å². The molecule has 0 aromatic heterocycles. The molecule has 0 radical (unpaired) electrons. The summed E-state index contributed by atoms with van der Waals surface area (Å²) in [7, 11) is 3.72. The van der Waals surface area contributed by atoms with Gasteiger partial charge in [-0.3, -0.25) is 0 Å². The third-order valence-corrected chi connectivity index (χ3v) is 2.89. The molecule has 0 fully saturated rings. The Hall–Kier alpha value is -1.14. The van der Waals surface area contributed by atoms with Crippen LogP contribution in [0, 0.1) is 5.82 Å². The first-order chi connectivity index (χ1) is 9.25. The number of alkyl halides is 3. The van der Waals surface area contributed by atoms with Crippen LogP contribution in [0.25, 0.3) is 0 Å². The fourth-order valence-corrected chi connectivity index (χ4v) is 1.95. The van der Waals surface area contributed by atoms with Gasteiger partial charge in [0.25, 0.3) is 0 Å². The van der Waals surface area contributed by atoms with Crippen LogP contribution in [-0.2, 0) is 6.18 Å². The van der Waals surface area contributed by atoms with Gasteiger partial charge in [0.05, 0.1) is 5.56 Å². The first-order valence-corrected chi connectivity index (χ1v) is 6.50. The summed E-state index contributed by atoms with van der Waals surface area (Å²) in [6.45, 7) is 3.30. The lowest BCUT2D eigenvalue weighted by Crippen LogP contribution is -2.31. The monoisotopic (exact) mass is 292 g/mol. The maximum Gasteiger partial charge on any atom is 0.419 e. The number of likely N-dealkylation sites (N-methyl/N-ethyl adjacent to an activating group) is 1. The smallest absolute Gasteiger partial charge is 0.309 e. The molecule has 20 heavy (non-hydrogen) atoms. The Morgan fingerprint density at radius 2 is 1.90 bits per heavy atom. The number of benzene rings is 1. The van der Waals surface area contributed by atoms with Crippen molar-refractivity contribution in [1.29, 1.82) is 0 Å². The molecule has 1 unspecified atom stereocenters. The minimum atomic E-state index is -4.66. The highest BCUT2D eigenvalue weighted by atomic mass is 19.4. The van der Waals surface area contributed by atoms with Crippen molar-refractivity contribution in [1.82, 2.24) is 10.2 Å². The fraction of sp³-hybridized carbons (Fsp3) is 0.571. The second-order valence-electron chi connectivity index (χ2n) is 5.01. The van der Waals surface area contributed by atoms with E-state index >= 15 is 0 Å². The average molecular weight is 292 g/mol. The standard InChI is InChI=1S/C14H20F4N2/c1-4-7-19-13(9-20(2)3)10-5-6-11(12(15)8-10)14(16,17)18/h5-6,8,13,19H,4,7,9H2,1-3H3. The molecule has 1 rings (SSSR count). The van der Waals surface area contributed by atoms with Crippen molar-refractivity contribution in [3.8, 4) is 0 Å². The normalized spacial score (nSPS) is 13.8. The van der Waals surface area contributed by atoms with E-state index in [9.17, 15) is 17.6 Å². The van der Waals surface area contributed by atoms with Crippen LogP contribution in [0.1, 0.15) is 30.5 Å². The number of hydrogen-bond acceptors (Lipinski definition) is 2. The van der Waals surface area contributed by atoms with Crippen LogP contribution in [0.15, 0.2) is 18.2 Å². The topological polar surface area (TPSA) is 15.3 Å². The molecule has 2 nitrogen and oxygen atoms in total. The second-order valence-corrected chi connectivity index (χ2v) is 5.01. The summed E-state index contributed by atoms with van der Waals surface area (Å²) in [6, 6.07) is 2.92. The molecule has 0 aliphatic rings. The molecular weight excluding hydrogens is 272 g/mol. The SMILES string of the molecule is CCCNC(CN(C)C)c1ccc(C(F)(F)F)c(F)c1. The van der Waals surface area contributed by atoms with Crippen molar-refractivity contribution < 1.29 is 17.6 Å². The van der Waals surface area contributed by atoms with E-state index in [0.717, 1.165) is 25.1 Å². The molecule has 0 saturated carbocycles. The Bertz CT molecular complexity index is 430. The summed E-state index contributed by atoms with van der Waals surface area (Å²) in [6.07, 6.45) is -3.76. The van der Waals surface area contributed by atoms with E-state index < -0.39 is 17.6 Å². The zero-order valence-corrected chi connectivity index (χ0v) is 11.9. The molecule has 114 valence electrons. The van der Waals surface area contributed by atoms with E-state index in [1.165, 1.54) is 6.07 Å². The quantitative estimate of drug-likeness (QED) is 0.808. The Balaban J connectivity index is 2.99. The average Bonchev–Trinajstić information content (AvgIpc) is 2.32. The van der Waals surface area contributed by atoms with Gasteiger partial charge in [-0.1, -0.05) is 13.0 Å². The highest BCUT2D eigenvalue weighted by molar-refractivity contribution is 5.28. The number of hydrogen-bond donors (Lipinski definition) is 1. The van der Waals surface area contributed by atoms with Gasteiger partial charge in [-0.05, 0) is 44.8 Å². The van der Waals surface area contributed by atoms with Gasteiger partial charge < -0.3 is 10.2 Å². The molecule has 1 aromatic carbocycles. The highest BCUT2D eigenvalue weighted by Gasteiger charge is 2.34. The van der Waals surface area contributed by atoms with Crippen LogP contribution < -0.4 is 5.32 Å². The van der Waals surface area contributed by atoms with Gasteiger partial charge in [-0.2, -0.15) is 13.2 Å². The maximum absolute atomic E-state index is 13.6. The van der Waals surface area contributed by atoms with Gasteiger partial charge in [-0.15, -0.1) is 0 Å². The predicted octanol–water partition coefficient (Wildman–Crippen LogP) is 3.45. The third kappa shape index (κ3) is 4.76. The van der Waals surface area contributed by atoms with Crippen LogP contribution in [0.4, 0.5) is 17.6 Å². The summed E-state index contributed by atoms with van der Waals surface area (Å²) >= 11 is 0. The minimum Gasteiger partial charge on any atom is -0.309 e. The van der Waals surface area contributed by atoms with Crippen LogP contribution in [-0.4, -0.2) is 32.1 Å². The second kappa shape index (κ2) is 7.04. The van der Waals surface area contributed by atoms with E-state index in [2.05, 4.69) is 5.32 Å². The lowest BCUT2D eigenvalue weighted by atomic mass is 10.0. The van der Waals surface area contributed by atoms with Crippen molar-refractivity contribution in [2.75, 3.05) is 27.2 Å². The molecule has 1 aromatic rings. The molecule has 0 bridgehead atoms. The molecule has 0 amide bonds. The van der Waals surface area contributed by atoms with Crippen LogP contribution in [0.5, 0.6) is 0 Å². The van der Waals surface area contributed by atoms with Gasteiger partial charge in [0.1, 0.15) is 5.82 Å². The number of halogens is 4. The minimum absolute atomic E-state index is 0.193. The van der Waals surface area contributed by atoms with Crippen LogP contribution in [0.3, 0.4) is 0 Å². The van der Waals surface area contributed by atoms with Gasteiger partial charge >= 0.3 is 6.18 Å². The van der Waals surface area contributed by atoms with Crippen LogP contribution in [0.2, 0.25) is 0 Å². The molecule has 0 saturated heterocycles. The van der Waals surface area contributed by atoms with Gasteiger partial charge in [0, 0.05) is 12.6 Å². The van der Waals surface area contributed by atoms with Gasteiger partial charge in [0.15, 0.2) is 0 Å². The number of rotatable bonds is 6. The van der Waals surface area contributed by atoms with Crippen molar-refractivity contribution in [2.45, 2.75) is 25.6 Å². The molecule has 0 aliphatic carbocycles. The molecule has 1 N–H and O–H groups in total. The molecule has 0 spiro atoms. The number of nitrogens with one attached hydrogen (secondary N) is 1. The summed E-state index contributed by atoms with van der Waals surface area (Å²) in [5.41, 5.74) is -0.696. The largest absolute Gasteiger partial charge is 0.419 e. The van der Waals surface area contributed by atoms with Crippen molar-refractivity contribution in [3.05, 3.63) is 35.1 Å². The van der Waals surface area contributed by atoms with E-state index in [0.29, 0.717) is 12.1 Å². The Kier molecular flexibility index (Phi) is 5.95. The summed E-state index contributed by atoms with van der Waals surface area (Å²) in [5, 5.41) is 3.21. The van der Waals surface area contributed by atoms with Crippen molar-refractivity contribution in [2.24, 2.45) is 0 Å². The van der Waals surface area contributed by atoms with E-state index in [-0.39, 0.29) is 6.04 Å². The van der Waals surface area contributed by atoms with E-state index in [1.54, 1.807) is 0 Å². The molecule has 1 atom stereocenters. The van der Waals surface area contributed by atoms with Gasteiger partial charge in [-0.25, -0.2) is 4.39 Å². The first-order valence-electron chi connectivity index (χ1n) is 6.50. The lowest BCUT2D eigenvalue weighted by molar-refractivity contribution is -0.140. The Morgan fingerprint density at radius 1 is 1.25 bits per heavy atom. The number of nitrogens with zero attached hydrogens (tertiary/aromatic N) is 1. The third-order valence-electron chi connectivity index (χ3n) is 2.89. The van der Waals surface area contributed by atoms with E-state index in [1.807, 2.05) is 25.9 Å². The summed E-state index contributed by atoms with van der Waals surface area (Å²) < 4.78 is 51.2.